The van der Waals surface area contributed by atoms with Gasteiger partial charge in [-0.2, -0.15) is 0 Å². The number of aryl methyl sites for hydroxylation is 2. The lowest BCUT2D eigenvalue weighted by atomic mass is 10.0. The van der Waals surface area contributed by atoms with Gasteiger partial charge in [0.05, 0.1) is 22.6 Å². The fraction of sp³-hybridized carbons (Fsp3) is 0.300. The van der Waals surface area contributed by atoms with Crippen LogP contribution >= 0.6 is 11.6 Å². The zero-order valence-corrected chi connectivity index (χ0v) is 16.2. The van der Waals surface area contributed by atoms with Crippen molar-refractivity contribution in [2.75, 3.05) is 5.32 Å². The maximum absolute atomic E-state index is 12.9. The molecule has 2 aromatic heterocycles. The third-order valence-corrected chi connectivity index (χ3v) is 5.21. The Morgan fingerprint density at radius 1 is 1.32 bits per heavy atom. The first-order chi connectivity index (χ1) is 13.3. The monoisotopic (exact) mass is 398 g/mol. The van der Waals surface area contributed by atoms with Crippen LogP contribution in [0, 0.1) is 6.92 Å². The normalized spacial score (nSPS) is 14.1. The minimum Gasteiger partial charge on any atom is -0.476 e. The van der Waals surface area contributed by atoms with Crippen molar-refractivity contribution in [1.29, 1.82) is 0 Å². The molecule has 0 saturated heterocycles. The van der Waals surface area contributed by atoms with Gasteiger partial charge in [-0.1, -0.05) is 17.7 Å². The second kappa shape index (κ2) is 6.91. The fourth-order valence-corrected chi connectivity index (χ4v) is 3.87. The molecule has 1 aliphatic heterocycles. The Balaban J connectivity index is 1.83. The molecule has 4 rings (SSSR count). The highest BCUT2D eigenvalue weighted by molar-refractivity contribution is 6.29. The van der Waals surface area contributed by atoms with Gasteiger partial charge in [0.15, 0.2) is 5.69 Å². The molecule has 0 radical (unpaired) electrons. The van der Waals surface area contributed by atoms with Crippen molar-refractivity contribution in [2.24, 2.45) is 0 Å². The number of carboxylic acid groups (broad SMARTS) is 1. The quantitative estimate of drug-likeness (QED) is 0.652. The van der Waals surface area contributed by atoms with E-state index < -0.39 is 5.97 Å². The second-order valence-electron chi connectivity index (χ2n) is 7.04. The molecule has 28 heavy (non-hydrogen) atoms. The molecule has 0 unspecified atom stereocenters. The van der Waals surface area contributed by atoms with Crippen molar-refractivity contribution >= 4 is 34.2 Å². The molecule has 8 heteroatoms. The maximum Gasteiger partial charge on any atom is 0.356 e. The number of fused-ring (bicyclic) bond motifs is 2. The molecule has 144 valence electrons. The van der Waals surface area contributed by atoms with Gasteiger partial charge in [-0.25, -0.2) is 14.8 Å². The summed E-state index contributed by atoms with van der Waals surface area (Å²) in [5.74, 6) is -0.366. The summed E-state index contributed by atoms with van der Waals surface area (Å²) in [6.45, 7) is 4.53. The highest BCUT2D eigenvalue weighted by Gasteiger charge is 2.21. The van der Waals surface area contributed by atoms with E-state index in [2.05, 4.69) is 10.3 Å². The fourth-order valence-electron chi connectivity index (χ4n) is 3.72. The van der Waals surface area contributed by atoms with E-state index in [-0.39, 0.29) is 22.4 Å². The van der Waals surface area contributed by atoms with Gasteiger partial charge in [0, 0.05) is 18.5 Å². The van der Waals surface area contributed by atoms with E-state index in [1.165, 1.54) is 6.07 Å². The number of pyridine rings is 1. The lowest BCUT2D eigenvalue weighted by Crippen LogP contribution is -2.22. The zero-order valence-electron chi connectivity index (χ0n) is 15.5. The van der Waals surface area contributed by atoms with Crippen LogP contribution in [-0.4, -0.2) is 25.6 Å². The number of nitrogens with one attached hydrogen (secondary N) is 1. The molecule has 1 atom stereocenters. The van der Waals surface area contributed by atoms with Crippen LogP contribution in [0.5, 0.6) is 0 Å². The average Bonchev–Trinajstić information content (AvgIpc) is 3.12. The predicted octanol–water partition coefficient (Wildman–Crippen LogP) is 3.57. The first kappa shape index (κ1) is 18.4. The van der Waals surface area contributed by atoms with Crippen molar-refractivity contribution < 1.29 is 9.90 Å². The minimum absolute atomic E-state index is 0.0194. The number of carboxylic acids is 1. The van der Waals surface area contributed by atoms with E-state index in [4.69, 9.17) is 16.6 Å². The van der Waals surface area contributed by atoms with Gasteiger partial charge < -0.3 is 10.4 Å². The van der Waals surface area contributed by atoms with Gasteiger partial charge in [0.2, 0.25) is 0 Å². The van der Waals surface area contributed by atoms with Crippen LogP contribution in [0.3, 0.4) is 0 Å². The molecule has 0 saturated carbocycles. The molecule has 0 fully saturated rings. The number of aromatic nitrogens is 3. The average molecular weight is 399 g/mol. The molecule has 1 aromatic carbocycles. The molecule has 1 aliphatic rings. The van der Waals surface area contributed by atoms with Crippen LogP contribution in [0.2, 0.25) is 5.15 Å². The largest absolute Gasteiger partial charge is 0.476 e. The van der Waals surface area contributed by atoms with Gasteiger partial charge in [-0.05, 0) is 44.0 Å². The minimum atomic E-state index is -1.17. The van der Waals surface area contributed by atoms with Crippen molar-refractivity contribution in [3.05, 3.63) is 62.4 Å². The second-order valence-corrected chi connectivity index (χ2v) is 7.43. The Kier molecular flexibility index (Phi) is 4.55. The Morgan fingerprint density at radius 3 is 2.86 bits per heavy atom. The highest BCUT2D eigenvalue weighted by atomic mass is 35.5. The number of hydrogen-bond acceptors (Lipinski definition) is 5. The summed E-state index contributed by atoms with van der Waals surface area (Å²) in [6.07, 6.45) is 1.70. The third kappa shape index (κ3) is 3.11. The van der Waals surface area contributed by atoms with Gasteiger partial charge >= 0.3 is 5.97 Å². The predicted molar refractivity (Wildman–Crippen MR) is 107 cm³/mol. The first-order valence-corrected chi connectivity index (χ1v) is 9.43. The summed E-state index contributed by atoms with van der Waals surface area (Å²) in [5.41, 5.74) is 2.63. The number of anilines is 1. The maximum atomic E-state index is 12.9. The van der Waals surface area contributed by atoms with Crippen LogP contribution in [0.1, 0.15) is 46.8 Å². The van der Waals surface area contributed by atoms with Gasteiger partial charge in [-0.3, -0.25) is 9.36 Å². The topological polar surface area (TPSA) is 97.1 Å². The SMILES string of the molecule is Cc1cc([C@@H](C)Nc2ccc(Cl)nc2C(=O)O)c2nc3n(c(=O)c2c1)CCC3. The number of carbonyl (C=O) groups is 1. The summed E-state index contributed by atoms with van der Waals surface area (Å²) >= 11 is 5.84. The molecule has 3 heterocycles. The number of halogens is 1. The van der Waals surface area contributed by atoms with Gasteiger partial charge in [0.25, 0.3) is 5.56 Å². The molecule has 0 amide bonds. The lowest BCUT2D eigenvalue weighted by molar-refractivity contribution is 0.0691. The summed E-state index contributed by atoms with van der Waals surface area (Å²) in [6, 6.07) is 6.67. The van der Waals surface area contributed by atoms with E-state index >= 15 is 0 Å². The Morgan fingerprint density at radius 2 is 2.11 bits per heavy atom. The molecular weight excluding hydrogens is 380 g/mol. The highest BCUT2D eigenvalue weighted by Crippen LogP contribution is 2.28. The molecule has 7 nitrogen and oxygen atoms in total. The van der Waals surface area contributed by atoms with Crippen LogP contribution in [0.4, 0.5) is 5.69 Å². The summed E-state index contributed by atoms with van der Waals surface area (Å²) < 4.78 is 1.75. The van der Waals surface area contributed by atoms with E-state index in [1.807, 2.05) is 26.0 Å². The number of aromatic carboxylic acids is 1. The first-order valence-electron chi connectivity index (χ1n) is 9.05. The van der Waals surface area contributed by atoms with Gasteiger partial charge in [0.1, 0.15) is 11.0 Å². The summed E-state index contributed by atoms with van der Waals surface area (Å²) in [5, 5.41) is 13.3. The standard InChI is InChI=1S/C20H19ClN4O3/c1-10-8-12(11(2)22-14-5-6-15(21)23-18(14)20(27)28)17-13(9-10)19(26)25-7-3-4-16(25)24-17/h5-6,8-9,11,22H,3-4,7H2,1-2H3,(H,27,28)/t11-/m1/s1. The van der Waals surface area contributed by atoms with E-state index in [1.54, 1.807) is 10.6 Å². The van der Waals surface area contributed by atoms with Crippen LogP contribution < -0.4 is 10.9 Å². The lowest BCUT2D eigenvalue weighted by Gasteiger charge is -2.19. The third-order valence-electron chi connectivity index (χ3n) is 5.00. The van der Waals surface area contributed by atoms with Crippen molar-refractivity contribution in [1.82, 2.24) is 14.5 Å². The zero-order chi connectivity index (χ0) is 20.0. The van der Waals surface area contributed by atoms with Gasteiger partial charge in [-0.15, -0.1) is 0 Å². The number of rotatable bonds is 4. The van der Waals surface area contributed by atoms with Crippen LogP contribution in [0.15, 0.2) is 29.1 Å². The molecule has 3 aromatic rings. The van der Waals surface area contributed by atoms with Crippen molar-refractivity contribution in [3.63, 3.8) is 0 Å². The van der Waals surface area contributed by atoms with Crippen molar-refractivity contribution in [2.45, 2.75) is 39.3 Å². The van der Waals surface area contributed by atoms with Crippen molar-refractivity contribution in [3.8, 4) is 0 Å². The number of benzene rings is 1. The molecule has 0 bridgehead atoms. The molecule has 0 aliphatic carbocycles. The Hall–Kier alpha value is -2.93. The van der Waals surface area contributed by atoms with E-state index in [9.17, 15) is 14.7 Å². The van der Waals surface area contributed by atoms with E-state index in [0.717, 1.165) is 29.8 Å². The smallest absolute Gasteiger partial charge is 0.356 e. The molecule has 2 N–H and O–H groups in total. The van der Waals surface area contributed by atoms with Crippen LogP contribution in [0.25, 0.3) is 10.9 Å². The Bertz CT molecular complexity index is 1170. The Labute approximate surface area is 166 Å². The molecular formula is C20H19ClN4O3. The number of nitrogens with zero attached hydrogens (tertiary/aromatic N) is 3. The summed E-state index contributed by atoms with van der Waals surface area (Å²) in [4.78, 5) is 33.1. The number of hydrogen-bond donors (Lipinski definition) is 2. The summed E-state index contributed by atoms with van der Waals surface area (Å²) in [7, 11) is 0. The van der Waals surface area contributed by atoms with E-state index in [0.29, 0.717) is 23.1 Å². The molecule has 0 spiro atoms. The van der Waals surface area contributed by atoms with Crippen LogP contribution in [-0.2, 0) is 13.0 Å².